The summed E-state index contributed by atoms with van der Waals surface area (Å²) < 4.78 is 25.0. The van der Waals surface area contributed by atoms with Crippen LogP contribution in [0.5, 0.6) is 0 Å². The fourth-order valence-electron chi connectivity index (χ4n) is 10.3. The van der Waals surface area contributed by atoms with Crippen molar-refractivity contribution in [2.75, 3.05) is 84.3 Å². The first-order valence-electron chi connectivity index (χ1n) is 24.7. The molecule has 5 N–H and O–H groups in total. The van der Waals surface area contributed by atoms with Crippen LogP contribution < -0.4 is 42.1 Å². The molecule has 0 radical (unpaired) electrons. The van der Waals surface area contributed by atoms with Crippen molar-refractivity contribution in [3.05, 3.63) is 136 Å². The van der Waals surface area contributed by atoms with E-state index in [4.69, 9.17) is 40.5 Å². The van der Waals surface area contributed by atoms with Gasteiger partial charge in [-0.15, -0.1) is 0 Å². The number of nitrogens with one attached hydrogen (secondary N) is 3. The molecule has 384 valence electrons. The van der Waals surface area contributed by atoms with Crippen LogP contribution in [0.2, 0.25) is 15.1 Å². The van der Waals surface area contributed by atoms with E-state index < -0.39 is 14.3 Å². The lowest BCUT2D eigenvalue weighted by molar-refractivity contribution is -0.123. The molecule has 2 aliphatic heterocycles. The summed E-state index contributed by atoms with van der Waals surface area (Å²) in [6.07, 6.45) is 8.78. The molecule has 0 amide bonds. The van der Waals surface area contributed by atoms with Crippen molar-refractivity contribution >= 4 is 123 Å². The maximum atomic E-state index is 12.7. The standard InChI is InChI=1S/C27H31ClN5O2P.C15H20N2O.C14H14Cl2NOP/c1-18-14-19(8-9-23(18)33-16-27(17-33)12-10-20(34)11-13-27)30-26-29-15-21(28)25(32-26)31-22-6-4-5-7-24(22)36(2,3)35;1-11-8-12(16)2-3-14(11)17-9-15(10-17)6-4-13(18)5-7-15;1-19(2,18)14-6-4-3-5-12(14)17-13-9-10(15)7-8-11(13)16/h4-9,14-15H,10-13,16-17H2,1-3H3,(H2,29,30,31,32);2-3,8H,4-7,9-10,16H2,1H3;3-9,17H,1-2H3. The first-order valence-corrected chi connectivity index (χ1v) is 31.0. The van der Waals surface area contributed by atoms with Crippen molar-refractivity contribution in [2.45, 2.75) is 65.2 Å². The summed E-state index contributed by atoms with van der Waals surface area (Å²) in [7, 11) is -4.85. The van der Waals surface area contributed by atoms with Crippen molar-refractivity contribution in [2.24, 2.45) is 10.8 Å². The van der Waals surface area contributed by atoms with E-state index >= 15 is 0 Å². The molecule has 0 bridgehead atoms. The first kappa shape index (κ1) is 53.9. The summed E-state index contributed by atoms with van der Waals surface area (Å²) in [4.78, 5) is 36.7. The summed E-state index contributed by atoms with van der Waals surface area (Å²) in [5, 5.41) is 12.8. The predicted molar refractivity (Wildman–Crippen MR) is 307 cm³/mol. The molecule has 1 aromatic heterocycles. The smallest absolute Gasteiger partial charge is 0.229 e. The topological polar surface area (TPSA) is 163 Å². The molecule has 12 nitrogen and oxygen atoms in total. The fraction of sp³-hybridized carbons (Fsp3) is 0.357. The third-order valence-electron chi connectivity index (χ3n) is 14.4. The number of Topliss-reactive ketones (excluding diaryl/α,β-unsaturated/α-hetero) is 2. The Morgan fingerprint density at radius 1 is 0.575 bits per heavy atom. The molecule has 3 heterocycles. The second-order valence-corrected chi connectivity index (χ2v) is 28.6. The molecule has 4 aliphatic rings. The molecule has 5 aromatic carbocycles. The van der Waals surface area contributed by atoms with E-state index in [-0.39, 0.29) is 0 Å². The molecule has 0 unspecified atom stereocenters. The molecule has 2 saturated heterocycles. The summed E-state index contributed by atoms with van der Waals surface area (Å²) in [6.45, 7) is 15.4. The Morgan fingerprint density at radius 3 is 1.58 bits per heavy atom. The van der Waals surface area contributed by atoms with Gasteiger partial charge in [0.05, 0.1) is 22.6 Å². The van der Waals surface area contributed by atoms with Crippen molar-refractivity contribution in [1.29, 1.82) is 0 Å². The molecule has 10 rings (SSSR count). The Balaban J connectivity index is 0.000000161. The number of para-hydroxylation sites is 2. The maximum Gasteiger partial charge on any atom is 0.229 e. The number of hydrogen-bond acceptors (Lipinski definition) is 12. The van der Waals surface area contributed by atoms with E-state index in [9.17, 15) is 18.7 Å². The van der Waals surface area contributed by atoms with E-state index in [1.165, 1.54) is 22.5 Å². The molecule has 4 fully saturated rings. The van der Waals surface area contributed by atoms with Crippen molar-refractivity contribution in [3.8, 4) is 0 Å². The minimum Gasteiger partial charge on any atom is -0.399 e. The zero-order valence-corrected chi connectivity index (χ0v) is 46.5. The van der Waals surface area contributed by atoms with Crippen LogP contribution in [0.15, 0.2) is 109 Å². The number of aryl methyl sites for hydroxylation is 2. The highest BCUT2D eigenvalue weighted by molar-refractivity contribution is 7.70. The number of rotatable bonds is 10. The number of benzene rings is 5. The second kappa shape index (κ2) is 22.2. The molecule has 73 heavy (non-hydrogen) atoms. The zero-order chi connectivity index (χ0) is 52.3. The quantitative estimate of drug-likeness (QED) is 0.0760. The molecule has 2 saturated carbocycles. The van der Waals surface area contributed by atoms with Crippen molar-refractivity contribution in [3.63, 3.8) is 0 Å². The number of aromatic nitrogens is 2. The number of nitrogens with two attached hydrogens (primary N) is 1. The normalized spacial score (nSPS) is 16.8. The zero-order valence-electron chi connectivity index (χ0n) is 42.4. The Kier molecular flexibility index (Phi) is 16.4. The average Bonchev–Trinajstić information content (AvgIpc) is 3.31. The van der Waals surface area contributed by atoms with Crippen LogP contribution in [0.1, 0.15) is 62.5 Å². The first-order chi connectivity index (χ1) is 34.6. The summed E-state index contributed by atoms with van der Waals surface area (Å²) >= 11 is 18.5. The van der Waals surface area contributed by atoms with Crippen LogP contribution >= 0.6 is 49.1 Å². The van der Waals surface area contributed by atoms with Gasteiger partial charge < -0.3 is 40.6 Å². The third-order valence-corrected chi connectivity index (χ3v) is 18.3. The van der Waals surface area contributed by atoms with Crippen LogP contribution in [-0.2, 0) is 18.7 Å². The highest BCUT2D eigenvalue weighted by Gasteiger charge is 2.46. The number of halogens is 3. The van der Waals surface area contributed by atoms with Gasteiger partial charge in [0.1, 0.15) is 30.9 Å². The lowest BCUT2D eigenvalue weighted by Gasteiger charge is -2.53. The van der Waals surface area contributed by atoms with Crippen LogP contribution in [0.4, 0.5) is 51.6 Å². The number of nitrogen functional groups attached to an aromatic ring is 1. The Bertz CT molecular complexity index is 3110. The Morgan fingerprint density at radius 2 is 1.07 bits per heavy atom. The van der Waals surface area contributed by atoms with Gasteiger partial charge in [0.25, 0.3) is 0 Å². The Labute approximate surface area is 444 Å². The van der Waals surface area contributed by atoms with E-state index in [0.717, 1.165) is 105 Å². The summed E-state index contributed by atoms with van der Waals surface area (Å²) in [5.41, 5.74) is 15.4. The molecular formula is C56H65Cl3N8O4P2. The third kappa shape index (κ3) is 13.3. The molecule has 2 spiro atoms. The molecule has 6 aromatic rings. The maximum absolute atomic E-state index is 12.7. The van der Waals surface area contributed by atoms with E-state index in [1.54, 1.807) is 51.1 Å². The van der Waals surface area contributed by atoms with Crippen LogP contribution in [0.3, 0.4) is 0 Å². The number of carbonyl (C=O) groups is 2. The minimum absolute atomic E-state index is 0.319. The van der Waals surface area contributed by atoms with Crippen molar-refractivity contribution < 1.29 is 18.7 Å². The number of hydrogen-bond donors (Lipinski definition) is 4. The number of nitrogens with zero attached hydrogens (tertiary/aromatic N) is 4. The van der Waals surface area contributed by atoms with Gasteiger partial charge in [0.2, 0.25) is 5.95 Å². The largest absolute Gasteiger partial charge is 0.399 e. The van der Waals surface area contributed by atoms with Gasteiger partial charge in [-0.2, -0.15) is 4.98 Å². The van der Waals surface area contributed by atoms with Gasteiger partial charge in [-0.05, 0) is 156 Å². The number of carbonyl (C=O) groups excluding carboxylic acids is 2. The van der Waals surface area contributed by atoms with Gasteiger partial charge in [-0.25, -0.2) is 4.98 Å². The highest BCUT2D eigenvalue weighted by Crippen LogP contribution is 2.47. The van der Waals surface area contributed by atoms with Crippen LogP contribution in [0, 0.1) is 24.7 Å². The van der Waals surface area contributed by atoms with Gasteiger partial charge in [-0.1, -0.05) is 59.1 Å². The second-order valence-electron chi connectivity index (χ2n) is 21.0. The summed E-state index contributed by atoms with van der Waals surface area (Å²) in [5.74, 6) is 1.72. The van der Waals surface area contributed by atoms with Gasteiger partial charge in [0, 0.05) is 107 Å². The average molecular weight is 1080 g/mol. The van der Waals surface area contributed by atoms with Crippen LogP contribution in [0.25, 0.3) is 0 Å². The van der Waals surface area contributed by atoms with E-state index in [1.807, 2.05) is 66.7 Å². The lowest BCUT2D eigenvalue weighted by atomic mass is 9.68. The Hall–Kier alpha value is -5.35. The van der Waals surface area contributed by atoms with E-state index in [0.29, 0.717) is 60.6 Å². The highest BCUT2D eigenvalue weighted by atomic mass is 35.5. The summed E-state index contributed by atoms with van der Waals surface area (Å²) in [6, 6.07) is 32.6. The molecule has 2 aliphatic carbocycles. The SMILES string of the molecule is CP(C)(=O)c1ccccc1Nc1cc(Cl)ccc1Cl.Cc1cc(N)ccc1N1CC2(CCC(=O)CC2)C1.Cc1cc(Nc2ncc(Cl)c(Nc3ccccc3P(C)(C)=O)n2)ccc1N1CC2(CCC(=O)CC2)C1. The number of anilines is 9. The molecule has 17 heteroatoms. The van der Waals surface area contributed by atoms with Gasteiger partial charge >= 0.3 is 0 Å². The fourth-order valence-corrected chi connectivity index (χ4v) is 13.1. The molecular weight excluding hydrogens is 1020 g/mol. The van der Waals surface area contributed by atoms with Crippen LogP contribution in [-0.4, -0.2) is 74.4 Å². The lowest BCUT2D eigenvalue weighted by Crippen LogP contribution is -2.58. The number of ketones is 2. The van der Waals surface area contributed by atoms with E-state index in [2.05, 4.69) is 67.8 Å². The van der Waals surface area contributed by atoms with Gasteiger partial charge in [0.15, 0.2) is 5.82 Å². The monoisotopic (exact) mass is 1080 g/mol. The predicted octanol–water partition coefficient (Wildman–Crippen LogP) is 13.6. The van der Waals surface area contributed by atoms with Gasteiger partial charge in [-0.3, -0.25) is 9.59 Å². The van der Waals surface area contributed by atoms with Crippen molar-refractivity contribution in [1.82, 2.24) is 9.97 Å². The molecule has 0 atom stereocenters. The minimum atomic E-state index is -2.49.